The lowest BCUT2D eigenvalue weighted by atomic mass is 10.3. The van der Waals surface area contributed by atoms with Crippen molar-refractivity contribution in [3.8, 4) is 0 Å². The summed E-state index contributed by atoms with van der Waals surface area (Å²) in [5, 5.41) is 12.7. The van der Waals surface area contributed by atoms with Gasteiger partial charge in [-0.2, -0.15) is 0 Å². The zero-order valence-corrected chi connectivity index (χ0v) is 8.92. The summed E-state index contributed by atoms with van der Waals surface area (Å²) < 4.78 is 5.08. The lowest BCUT2D eigenvalue weighted by Crippen LogP contribution is -2.12. The van der Waals surface area contributed by atoms with Crippen molar-refractivity contribution in [1.29, 1.82) is 0 Å². The van der Waals surface area contributed by atoms with Gasteiger partial charge in [-0.25, -0.2) is 4.98 Å². The van der Waals surface area contributed by atoms with Crippen LogP contribution in [-0.4, -0.2) is 21.6 Å². The van der Waals surface area contributed by atoms with Gasteiger partial charge in [0.2, 0.25) is 0 Å². The van der Waals surface area contributed by atoms with Crippen LogP contribution in [0.2, 0.25) is 0 Å². The van der Waals surface area contributed by atoms with Gasteiger partial charge in [0.25, 0.3) is 0 Å². The van der Waals surface area contributed by atoms with Gasteiger partial charge in [0, 0.05) is 12.7 Å². The van der Waals surface area contributed by atoms with Gasteiger partial charge >= 0.3 is 0 Å². The van der Waals surface area contributed by atoms with Crippen LogP contribution < -0.4 is 5.32 Å². The Morgan fingerprint density at radius 2 is 2.38 bits per heavy atom. The Labute approximate surface area is 93.2 Å². The first-order valence-electron chi connectivity index (χ1n) is 4.99. The van der Waals surface area contributed by atoms with Crippen molar-refractivity contribution < 1.29 is 9.52 Å². The molecule has 84 valence electrons. The van der Waals surface area contributed by atoms with E-state index in [2.05, 4.69) is 15.3 Å². The van der Waals surface area contributed by atoms with Crippen molar-refractivity contribution in [1.82, 2.24) is 9.97 Å². The molecule has 2 aromatic heterocycles. The third-order valence-corrected chi connectivity index (χ3v) is 2.10. The second-order valence-corrected chi connectivity index (χ2v) is 3.46. The first-order chi connectivity index (χ1) is 7.75. The molecule has 0 aliphatic carbocycles. The number of anilines is 1. The second-order valence-electron chi connectivity index (χ2n) is 3.46. The molecule has 1 atom stereocenters. The van der Waals surface area contributed by atoms with Gasteiger partial charge in [0.1, 0.15) is 17.7 Å². The Hall–Kier alpha value is -1.88. The molecule has 2 rings (SSSR count). The van der Waals surface area contributed by atoms with E-state index in [0.29, 0.717) is 18.1 Å². The first kappa shape index (κ1) is 10.6. The number of nitrogens with one attached hydrogen (secondary N) is 1. The minimum absolute atomic E-state index is 0.339. The molecule has 0 radical (unpaired) electrons. The Morgan fingerprint density at radius 3 is 3.06 bits per heavy atom. The number of aromatic nitrogens is 2. The summed E-state index contributed by atoms with van der Waals surface area (Å²) in [6.45, 7) is 2.20. The van der Waals surface area contributed by atoms with E-state index in [1.165, 1.54) is 6.26 Å². The number of hydrogen-bond donors (Lipinski definition) is 2. The second kappa shape index (κ2) is 4.76. The molecule has 0 saturated heterocycles. The summed E-state index contributed by atoms with van der Waals surface area (Å²) in [6, 6.07) is 3.47. The normalized spacial score (nSPS) is 12.4. The van der Waals surface area contributed by atoms with Crippen molar-refractivity contribution >= 4 is 5.82 Å². The zero-order valence-electron chi connectivity index (χ0n) is 8.92. The quantitative estimate of drug-likeness (QED) is 0.815. The highest BCUT2D eigenvalue weighted by Gasteiger charge is 2.09. The van der Waals surface area contributed by atoms with Crippen molar-refractivity contribution in [2.45, 2.75) is 13.0 Å². The maximum atomic E-state index is 9.74. The Bertz CT molecular complexity index is 442. The average molecular weight is 219 g/mol. The molecule has 0 saturated carbocycles. The van der Waals surface area contributed by atoms with E-state index >= 15 is 0 Å². The van der Waals surface area contributed by atoms with Gasteiger partial charge in [0.15, 0.2) is 0 Å². The van der Waals surface area contributed by atoms with E-state index in [1.807, 2.05) is 6.92 Å². The van der Waals surface area contributed by atoms with E-state index in [0.717, 1.165) is 5.69 Å². The van der Waals surface area contributed by atoms with Crippen LogP contribution in [-0.2, 0) is 0 Å². The number of nitrogens with zero attached hydrogens (tertiary/aromatic N) is 2. The van der Waals surface area contributed by atoms with E-state index < -0.39 is 6.10 Å². The van der Waals surface area contributed by atoms with Gasteiger partial charge in [-0.1, -0.05) is 0 Å². The largest absolute Gasteiger partial charge is 0.467 e. The molecule has 16 heavy (non-hydrogen) atoms. The number of furan rings is 1. The highest BCUT2D eigenvalue weighted by atomic mass is 16.4. The van der Waals surface area contributed by atoms with Crippen molar-refractivity contribution in [3.05, 3.63) is 42.2 Å². The average Bonchev–Trinajstić information content (AvgIpc) is 2.79. The van der Waals surface area contributed by atoms with Crippen molar-refractivity contribution in [2.24, 2.45) is 0 Å². The molecule has 1 unspecified atom stereocenters. The van der Waals surface area contributed by atoms with Crippen LogP contribution in [0.25, 0.3) is 0 Å². The molecule has 0 amide bonds. The molecule has 0 fully saturated rings. The van der Waals surface area contributed by atoms with Crippen LogP contribution in [0.15, 0.2) is 35.2 Å². The van der Waals surface area contributed by atoms with Crippen LogP contribution in [0.4, 0.5) is 5.82 Å². The topological polar surface area (TPSA) is 71.2 Å². The number of hydrogen-bond acceptors (Lipinski definition) is 5. The Kier molecular flexibility index (Phi) is 3.16. The Morgan fingerprint density at radius 1 is 1.50 bits per heavy atom. The highest BCUT2D eigenvalue weighted by Crippen LogP contribution is 2.13. The SMILES string of the molecule is Cc1cncc(NCC(O)c2ccco2)n1. The van der Waals surface area contributed by atoms with Crippen LogP contribution in [0.1, 0.15) is 17.6 Å². The van der Waals surface area contributed by atoms with Crippen molar-refractivity contribution in [3.63, 3.8) is 0 Å². The third kappa shape index (κ3) is 2.58. The summed E-state index contributed by atoms with van der Waals surface area (Å²) in [4.78, 5) is 8.21. The third-order valence-electron chi connectivity index (χ3n) is 2.10. The van der Waals surface area contributed by atoms with E-state index in [-0.39, 0.29) is 0 Å². The maximum absolute atomic E-state index is 9.74. The minimum Gasteiger partial charge on any atom is -0.467 e. The van der Waals surface area contributed by atoms with E-state index in [1.54, 1.807) is 24.5 Å². The molecular weight excluding hydrogens is 206 g/mol. The smallest absolute Gasteiger partial charge is 0.144 e. The van der Waals surface area contributed by atoms with Crippen LogP contribution in [0.5, 0.6) is 0 Å². The standard InChI is InChI=1S/C11H13N3O2/c1-8-5-12-7-11(14-8)13-6-9(15)10-3-2-4-16-10/h2-5,7,9,15H,6H2,1H3,(H,13,14). The fourth-order valence-corrected chi connectivity index (χ4v) is 1.33. The first-order valence-corrected chi connectivity index (χ1v) is 4.99. The number of aliphatic hydroxyl groups is 1. The van der Waals surface area contributed by atoms with Crippen LogP contribution in [0.3, 0.4) is 0 Å². The molecule has 0 bridgehead atoms. The van der Waals surface area contributed by atoms with Crippen LogP contribution in [0, 0.1) is 6.92 Å². The summed E-state index contributed by atoms with van der Waals surface area (Å²) in [7, 11) is 0. The predicted octanol–water partition coefficient (Wildman–Crippen LogP) is 1.52. The molecule has 0 aromatic carbocycles. The lowest BCUT2D eigenvalue weighted by molar-refractivity contribution is 0.162. The molecule has 0 aliphatic rings. The maximum Gasteiger partial charge on any atom is 0.144 e. The minimum atomic E-state index is -0.683. The van der Waals surface area contributed by atoms with Gasteiger partial charge in [-0.05, 0) is 19.1 Å². The molecule has 5 nitrogen and oxygen atoms in total. The molecule has 5 heteroatoms. The number of aliphatic hydroxyl groups excluding tert-OH is 1. The molecule has 0 aliphatic heterocycles. The van der Waals surface area contributed by atoms with E-state index in [4.69, 9.17) is 4.42 Å². The van der Waals surface area contributed by atoms with Gasteiger partial charge in [-0.3, -0.25) is 4.98 Å². The molecule has 0 spiro atoms. The fourth-order valence-electron chi connectivity index (χ4n) is 1.33. The fraction of sp³-hybridized carbons (Fsp3) is 0.273. The summed E-state index contributed by atoms with van der Waals surface area (Å²) in [5.41, 5.74) is 0.831. The zero-order chi connectivity index (χ0) is 11.4. The summed E-state index contributed by atoms with van der Waals surface area (Å²) >= 11 is 0. The lowest BCUT2D eigenvalue weighted by Gasteiger charge is -2.09. The Balaban J connectivity index is 1.92. The number of aryl methyl sites for hydroxylation is 1. The van der Waals surface area contributed by atoms with Gasteiger partial charge in [0.05, 0.1) is 18.2 Å². The molecule has 2 N–H and O–H groups in total. The van der Waals surface area contributed by atoms with Gasteiger partial charge < -0.3 is 14.8 Å². The van der Waals surface area contributed by atoms with Gasteiger partial charge in [-0.15, -0.1) is 0 Å². The van der Waals surface area contributed by atoms with Crippen molar-refractivity contribution in [2.75, 3.05) is 11.9 Å². The molecule has 2 aromatic rings. The molecular formula is C11H13N3O2. The van der Waals surface area contributed by atoms with Crippen LogP contribution >= 0.6 is 0 Å². The summed E-state index contributed by atoms with van der Waals surface area (Å²) in [5.74, 6) is 1.18. The summed E-state index contributed by atoms with van der Waals surface area (Å²) in [6.07, 6.45) is 4.14. The molecule has 2 heterocycles. The van der Waals surface area contributed by atoms with E-state index in [9.17, 15) is 5.11 Å². The monoisotopic (exact) mass is 219 g/mol. The highest BCUT2D eigenvalue weighted by molar-refractivity contribution is 5.31. The number of rotatable bonds is 4. The predicted molar refractivity (Wildman–Crippen MR) is 58.9 cm³/mol.